The third kappa shape index (κ3) is 4.38. The molecule has 2 heteroatoms. The van der Waals surface area contributed by atoms with E-state index in [2.05, 4.69) is 20.8 Å². The van der Waals surface area contributed by atoms with Crippen molar-refractivity contribution in [2.45, 2.75) is 45.6 Å². The summed E-state index contributed by atoms with van der Waals surface area (Å²) in [5.41, 5.74) is 5.49. The first kappa shape index (κ1) is 10.9. The van der Waals surface area contributed by atoms with Crippen molar-refractivity contribution in [2.75, 3.05) is 13.2 Å². The van der Waals surface area contributed by atoms with Crippen LogP contribution in [0.3, 0.4) is 0 Å². The Bertz CT molecular complexity index is 89.6. The molecule has 0 aliphatic rings. The Balaban J connectivity index is 3.51. The second-order valence-corrected chi connectivity index (χ2v) is 3.21. The van der Waals surface area contributed by atoms with Gasteiger partial charge in [0, 0.05) is 13.2 Å². The number of hydrogen-bond donors (Lipinski definition) is 1. The molecule has 0 aliphatic carbocycles. The van der Waals surface area contributed by atoms with E-state index in [1.807, 2.05) is 0 Å². The summed E-state index contributed by atoms with van der Waals surface area (Å²) in [6.45, 7) is 7.81. The van der Waals surface area contributed by atoms with Crippen LogP contribution < -0.4 is 5.73 Å². The molecule has 0 aliphatic heterocycles. The molecule has 0 aromatic rings. The van der Waals surface area contributed by atoms with E-state index in [1.54, 1.807) is 0 Å². The molecule has 0 spiro atoms. The van der Waals surface area contributed by atoms with Crippen LogP contribution in [0, 0.1) is 0 Å². The average molecular weight is 159 g/mol. The molecule has 1 unspecified atom stereocenters. The van der Waals surface area contributed by atoms with Crippen molar-refractivity contribution in [1.82, 2.24) is 0 Å². The first-order chi connectivity index (χ1) is 5.18. The maximum Gasteiger partial charge on any atom is 0.0773 e. The number of ether oxygens (including phenoxy) is 1. The molecular formula is C9H21NO. The lowest BCUT2D eigenvalue weighted by Crippen LogP contribution is -2.37. The molecule has 0 heterocycles. The Hall–Kier alpha value is -0.0800. The molecule has 0 saturated heterocycles. The highest BCUT2D eigenvalue weighted by Crippen LogP contribution is 2.13. The molecule has 11 heavy (non-hydrogen) atoms. The van der Waals surface area contributed by atoms with Crippen LogP contribution in [0.15, 0.2) is 0 Å². The number of hydrogen-bond acceptors (Lipinski definition) is 2. The fraction of sp³-hybridized carbons (Fsp3) is 1.00. The van der Waals surface area contributed by atoms with Gasteiger partial charge in [-0.05, 0) is 19.8 Å². The molecule has 2 nitrogen and oxygen atoms in total. The second-order valence-electron chi connectivity index (χ2n) is 3.21. The Morgan fingerprint density at radius 3 is 2.36 bits per heavy atom. The lowest BCUT2D eigenvalue weighted by atomic mass is 10.0. The van der Waals surface area contributed by atoms with Gasteiger partial charge in [-0.1, -0.05) is 20.3 Å². The zero-order chi connectivity index (χ0) is 8.74. The van der Waals surface area contributed by atoms with Crippen LogP contribution >= 0.6 is 0 Å². The predicted octanol–water partition coefficient (Wildman–Crippen LogP) is 1.93. The van der Waals surface area contributed by atoms with Crippen LogP contribution in [0.1, 0.15) is 40.0 Å². The van der Waals surface area contributed by atoms with Crippen LogP contribution in [0.2, 0.25) is 0 Å². The third-order valence-electron chi connectivity index (χ3n) is 2.13. The fourth-order valence-corrected chi connectivity index (χ4v) is 0.768. The SMILES string of the molecule is CCCCOC(C)(CC)CN. The molecule has 2 N–H and O–H groups in total. The molecule has 0 fully saturated rings. The Morgan fingerprint density at radius 1 is 1.36 bits per heavy atom. The van der Waals surface area contributed by atoms with Gasteiger partial charge in [0.05, 0.1) is 5.60 Å². The fourth-order valence-electron chi connectivity index (χ4n) is 0.768. The molecule has 0 radical (unpaired) electrons. The summed E-state index contributed by atoms with van der Waals surface area (Å²) in [5, 5.41) is 0. The molecule has 0 amide bonds. The highest BCUT2D eigenvalue weighted by Gasteiger charge is 2.19. The Morgan fingerprint density at radius 2 is 2.00 bits per heavy atom. The van der Waals surface area contributed by atoms with Crippen molar-refractivity contribution in [3.8, 4) is 0 Å². The van der Waals surface area contributed by atoms with Crippen molar-refractivity contribution < 1.29 is 4.74 Å². The van der Waals surface area contributed by atoms with Gasteiger partial charge in [0.1, 0.15) is 0 Å². The zero-order valence-corrected chi connectivity index (χ0v) is 8.02. The molecule has 0 saturated carbocycles. The van der Waals surface area contributed by atoms with Crippen molar-refractivity contribution in [3.05, 3.63) is 0 Å². The normalized spacial score (nSPS) is 16.4. The summed E-state index contributed by atoms with van der Waals surface area (Å²) in [7, 11) is 0. The molecule has 0 aromatic heterocycles. The van der Waals surface area contributed by atoms with E-state index in [1.165, 1.54) is 6.42 Å². The number of nitrogens with two attached hydrogens (primary N) is 1. The highest BCUT2D eigenvalue weighted by molar-refractivity contribution is 4.73. The standard InChI is InChI=1S/C9H21NO/c1-4-6-7-11-9(3,5-2)8-10/h4-8,10H2,1-3H3. The number of unbranched alkanes of at least 4 members (excludes halogenated alkanes) is 1. The van der Waals surface area contributed by atoms with Crippen LogP contribution in [0.5, 0.6) is 0 Å². The van der Waals surface area contributed by atoms with Crippen molar-refractivity contribution in [3.63, 3.8) is 0 Å². The van der Waals surface area contributed by atoms with Crippen molar-refractivity contribution in [1.29, 1.82) is 0 Å². The minimum Gasteiger partial charge on any atom is -0.374 e. The van der Waals surface area contributed by atoms with Gasteiger partial charge < -0.3 is 10.5 Å². The highest BCUT2D eigenvalue weighted by atomic mass is 16.5. The Kier molecular flexibility index (Phi) is 5.51. The molecule has 68 valence electrons. The van der Waals surface area contributed by atoms with E-state index in [0.29, 0.717) is 6.54 Å². The maximum atomic E-state index is 5.64. The van der Waals surface area contributed by atoms with E-state index in [9.17, 15) is 0 Å². The van der Waals surface area contributed by atoms with E-state index in [-0.39, 0.29) is 5.60 Å². The minimum absolute atomic E-state index is 0.0881. The molecular weight excluding hydrogens is 138 g/mol. The largest absolute Gasteiger partial charge is 0.374 e. The first-order valence-corrected chi connectivity index (χ1v) is 4.52. The van der Waals surface area contributed by atoms with Gasteiger partial charge >= 0.3 is 0 Å². The van der Waals surface area contributed by atoms with Gasteiger partial charge in [-0.3, -0.25) is 0 Å². The summed E-state index contributed by atoms with van der Waals surface area (Å²) >= 11 is 0. The predicted molar refractivity (Wildman–Crippen MR) is 48.6 cm³/mol. The molecule has 0 rings (SSSR count). The lowest BCUT2D eigenvalue weighted by molar-refractivity contribution is -0.0285. The van der Waals surface area contributed by atoms with Crippen LogP contribution in [-0.2, 0) is 4.74 Å². The minimum atomic E-state index is -0.0881. The number of rotatable bonds is 6. The average Bonchev–Trinajstić information content (AvgIpc) is 2.05. The van der Waals surface area contributed by atoms with Crippen LogP contribution in [0.25, 0.3) is 0 Å². The van der Waals surface area contributed by atoms with E-state index < -0.39 is 0 Å². The molecule has 1 atom stereocenters. The Labute approximate surface area is 70.1 Å². The zero-order valence-electron chi connectivity index (χ0n) is 8.02. The summed E-state index contributed by atoms with van der Waals surface area (Å²) in [5.74, 6) is 0. The summed E-state index contributed by atoms with van der Waals surface area (Å²) in [4.78, 5) is 0. The summed E-state index contributed by atoms with van der Waals surface area (Å²) < 4.78 is 5.64. The van der Waals surface area contributed by atoms with Crippen molar-refractivity contribution >= 4 is 0 Å². The maximum absolute atomic E-state index is 5.64. The van der Waals surface area contributed by atoms with Crippen molar-refractivity contribution in [2.24, 2.45) is 5.73 Å². The molecule has 0 aromatic carbocycles. The van der Waals surface area contributed by atoms with Gasteiger partial charge in [-0.25, -0.2) is 0 Å². The third-order valence-corrected chi connectivity index (χ3v) is 2.13. The lowest BCUT2D eigenvalue weighted by Gasteiger charge is -2.26. The van der Waals surface area contributed by atoms with E-state index in [4.69, 9.17) is 10.5 Å². The van der Waals surface area contributed by atoms with Crippen LogP contribution in [0.4, 0.5) is 0 Å². The van der Waals surface area contributed by atoms with Gasteiger partial charge in [0.2, 0.25) is 0 Å². The topological polar surface area (TPSA) is 35.2 Å². The van der Waals surface area contributed by atoms with Gasteiger partial charge in [0.25, 0.3) is 0 Å². The molecule has 0 bridgehead atoms. The van der Waals surface area contributed by atoms with E-state index >= 15 is 0 Å². The quantitative estimate of drug-likeness (QED) is 0.601. The first-order valence-electron chi connectivity index (χ1n) is 4.52. The van der Waals surface area contributed by atoms with Crippen LogP contribution in [-0.4, -0.2) is 18.8 Å². The second kappa shape index (κ2) is 5.56. The summed E-state index contributed by atoms with van der Waals surface area (Å²) in [6, 6.07) is 0. The van der Waals surface area contributed by atoms with E-state index in [0.717, 1.165) is 19.4 Å². The van der Waals surface area contributed by atoms with Gasteiger partial charge in [-0.2, -0.15) is 0 Å². The monoisotopic (exact) mass is 159 g/mol. The van der Waals surface area contributed by atoms with Gasteiger partial charge in [0.15, 0.2) is 0 Å². The summed E-state index contributed by atoms with van der Waals surface area (Å²) in [6.07, 6.45) is 3.31. The smallest absolute Gasteiger partial charge is 0.0773 e. The van der Waals surface area contributed by atoms with Gasteiger partial charge in [-0.15, -0.1) is 0 Å².